The number of hydrogen-bond acceptors (Lipinski definition) is 4. The van der Waals surface area contributed by atoms with Crippen LogP contribution < -0.4 is 0 Å². The van der Waals surface area contributed by atoms with Crippen molar-refractivity contribution in [2.45, 2.75) is 19.1 Å². The molecule has 4 nitrogen and oxygen atoms in total. The lowest BCUT2D eigenvalue weighted by Gasteiger charge is -2.26. The van der Waals surface area contributed by atoms with Gasteiger partial charge in [0.25, 0.3) is 0 Å². The highest BCUT2D eigenvalue weighted by atomic mass is 16.7. The Morgan fingerprint density at radius 1 is 1.00 bits per heavy atom. The summed E-state index contributed by atoms with van der Waals surface area (Å²) >= 11 is 0. The third-order valence-corrected chi connectivity index (χ3v) is 3.63. The highest BCUT2D eigenvalue weighted by Crippen LogP contribution is 2.34. The SMILES string of the molecule is CCC1(c2ccccc2)OCCO1.COC(=O)c1ccccc1. The normalized spacial score (nSPS) is 15.4. The number of hydrogen-bond donors (Lipinski definition) is 0. The molecule has 2 aromatic carbocycles. The number of benzene rings is 2. The highest BCUT2D eigenvalue weighted by molar-refractivity contribution is 5.89. The largest absolute Gasteiger partial charge is 0.465 e. The molecule has 0 amide bonds. The van der Waals surface area contributed by atoms with Crippen molar-refractivity contribution in [3.05, 3.63) is 71.8 Å². The van der Waals surface area contributed by atoms with Crippen LogP contribution in [0.4, 0.5) is 0 Å². The van der Waals surface area contributed by atoms with E-state index in [0.717, 1.165) is 12.0 Å². The Hall–Kier alpha value is -2.17. The lowest BCUT2D eigenvalue weighted by molar-refractivity contribution is -0.167. The molecule has 0 aliphatic carbocycles. The minimum Gasteiger partial charge on any atom is -0.465 e. The second-order valence-electron chi connectivity index (χ2n) is 5.03. The monoisotopic (exact) mass is 314 g/mol. The maximum Gasteiger partial charge on any atom is 0.337 e. The van der Waals surface area contributed by atoms with E-state index in [0.29, 0.717) is 18.8 Å². The van der Waals surface area contributed by atoms with Crippen LogP contribution in [-0.4, -0.2) is 26.3 Å². The second-order valence-corrected chi connectivity index (χ2v) is 5.03. The van der Waals surface area contributed by atoms with Gasteiger partial charge in [-0.3, -0.25) is 0 Å². The molecule has 0 N–H and O–H groups in total. The first-order chi connectivity index (χ1) is 11.2. The van der Waals surface area contributed by atoms with E-state index in [2.05, 4.69) is 23.8 Å². The lowest BCUT2D eigenvalue weighted by Crippen LogP contribution is -2.25. The number of carbonyl (C=O) groups is 1. The molecule has 1 aliphatic heterocycles. The molecular formula is C19H22O4. The van der Waals surface area contributed by atoms with Gasteiger partial charge in [-0.1, -0.05) is 55.5 Å². The predicted molar refractivity (Wildman–Crippen MR) is 88.1 cm³/mol. The van der Waals surface area contributed by atoms with E-state index >= 15 is 0 Å². The van der Waals surface area contributed by atoms with E-state index in [1.54, 1.807) is 24.3 Å². The fourth-order valence-corrected chi connectivity index (χ4v) is 2.41. The molecule has 23 heavy (non-hydrogen) atoms. The predicted octanol–water partition coefficient (Wildman–Crippen LogP) is 3.77. The average molecular weight is 314 g/mol. The highest BCUT2D eigenvalue weighted by Gasteiger charge is 2.36. The van der Waals surface area contributed by atoms with Gasteiger partial charge in [-0.15, -0.1) is 0 Å². The summed E-state index contributed by atoms with van der Waals surface area (Å²) in [6.45, 7) is 3.48. The Labute approximate surface area is 137 Å². The van der Waals surface area contributed by atoms with E-state index in [-0.39, 0.29) is 5.97 Å². The molecule has 0 spiro atoms. The van der Waals surface area contributed by atoms with Gasteiger partial charge >= 0.3 is 5.97 Å². The smallest absolute Gasteiger partial charge is 0.337 e. The van der Waals surface area contributed by atoms with E-state index < -0.39 is 5.79 Å². The number of ether oxygens (including phenoxy) is 3. The Balaban J connectivity index is 0.000000174. The Kier molecular flexibility index (Phi) is 6.32. The molecule has 0 radical (unpaired) electrons. The van der Waals surface area contributed by atoms with Gasteiger partial charge in [0.05, 0.1) is 25.9 Å². The average Bonchev–Trinajstić information content (AvgIpc) is 3.13. The summed E-state index contributed by atoms with van der Waals surface area (Å²) < 4.78 is 15.8. The van der Waals surface area contributed by atoms with Crippen LogP contribution in [0.5, 0.6) is 0 Å². The van der Waals surface area contributed by atoms with Gasteiger partial charge in [-0.25, -0.2) is 4.79 Å². The first kappa shape index (κ1) is 17.2. The molecule has 0 bridgehead atoms. The van der Waals surface area contributed by atoms with Crippen LogP contribution in [0.25, 0.3) is 0 Å². The lowest BCUT2D eigenvalue weighted by atomic mass is 10.0. The Morgan fingerprint density at radius 2 is 1.52 bits per heavy atom. The fourth-order valence-electron chi connectivity index (χ4n) is 2.41. The molecule has 122 valence electrons. The maximum absolute atomic E-state index is 10.8. The quantitative estimate of drug-likeness (QED) is 0.809. The summed E-state index contributed by atoms with van der Waals surface area (Å²) in [6.07, 6.45) is 0.858. The zero-order valence-electron chi connectivity index (χ0n) is 13.5. The van der Waals surface area contributed by atoms with Crippen molar-refractivity contribution in [3.63, 3.8) is 0 Å². The summed E-state index contributed by atoms with van der Waals surface area (Å²) in [7, 11) is 1.37. The van der Waals surface area contributed by atoms with Crippen molar-refractivity contribution in [1.82, 2.24) is 0 Å². The van der Waals surface area contributed by atoms with Crippen LogP contribution in [0.3, 0.4) is 0 Å². The van der Waals surface area contributed by atoms with Gasteiger partial charge in [0, 0.05) is 12.0 Å². The van der Waals surface area contributed by atoms with Crippen LogP contribution in [0.2, 0.25) is 0 Å². The van der Waals surface area contributed by atoms with Crippen LogP contribution in [0, 0.1) is 0 Å². The number of esters is 1. The molecule has 2 aromatic rings. The third-order valence-electron chi connectivity index (χ3n) is 3.63. The summed E-state index contributed by atoms with van der Waals surface area (Å²) in [6, 6.07) is 19.0. The molecule has 1 aliphatic rings. The molecule has 1 saturated heterocycles. The zero-order chi connectivity index (χ0) is 16.5. The summed E-state index contributed by atoms with van der Waals surface area (Å²) in [5.74, 6) is -0.762. The molecule has 4 heteroatoms. The van der Waals surface area contributed by atoms with E-state index in [1.807, 2.05) is 24.3 Å². The molecule has 1 fully saturated rings. The summed E-state index contributed by atoms with van der Waals surface area (Å²) in [4.78, 5) is 10.8. The minimum absolute atomic E-state index is 0.291. The van der Waals surface area contributed by atoms with Crippen LogP contribution >= 0.6 is 0 Å². The van der Waals surface area contributed by atoms with Gasteiger partial charge < -0.3 is 14.2 Å². The van der Waals surface area contributed by atoms with Crippen LogP contribution in [0.1, 0.15) is 29.3 Å². The van der Waals surface area contributed by atoms with Crippen LogP contribution in [-0.2, 0) is 20.0 Å². The van der Waals surface area contributed by atoms with Gasteiger partial charge in [-0.05, 0) is 12.1 Å². The van der Waals surface area contributed by atoms with E-state index in [9.17, 15) is 4.79 Å². The maximum atomic E-state index is 10.8. The molecule has 0 aromatic heterocycles. The molecule has 3 rings (SSSR count). The van der Waals surface area contributed by atoms with Crippen LogP contribution in [0.15, 0.2) is 60.7 Å². The Bertz CT molecular complexity index is 589. The van der Waals surface area contributed by atoms with Gasteiger partial charge in [0.15, 0.2) is 5.79 Å². The fraction of sp³-hybridized carbons (Fsp3) is 0.316. The molecule has 0 atom stereocenters. The zero-order valence-corrected chi connectivity index (χ0v) is 13.5. The minimum atomic E-state index is -0.471. The summed E-state index contributed by atoms with van der Waals surface area (Å²) in [5.41, 5.74) is 1.71. The van der Waals surface area contributed by atoms with Crippen molar-refractivity contribution in [1.29, 1.82) is 0 Å². The van der Waals surface area contributed by atoms with Crippen molar-refractivity contribution in [2.75, 3.05) is 20.3 Å². The van der Waals surface area contributed by atoms with Gasteiger partial charge in [-0.2, -0.15) is 0 Å². The number of rotatable bonds is 3. The van der Waals surface area contributed by atoms with E-state index in [1.165, 1.54) is 7.11 Å². The number of carbonyl (C=O) groups excluding carboxylic acids is 1. The van der Waals surface area contributed by atoms with E-state index in [4.69, 9.17) is 9.47 Å². The standard InChI is InChI=1S/C11H14O2.C8H8O2/c1-2-11(12-8-9-13-11)10-6-4-3-5-7-10;1-10-8(9)7-5-3-2-4-6-7/h3-7H,2,8-9H2,1H3;2-6H,1H3. The topological polar surface area (TPSA) is 44.8 Å². The van der Waals surface area contributed by atoms with Crippen molar-refractivity contribution in [3.8, 4) is 0 Å². The molecule has 1 heterocycles. The molecule has 0 unspecified atom stereocenters. The molecule has 0 saturated carbocycles. The van der Waals surface area contributed by atoms with Crippen molar-refractivity contribution in [2.24, 2.45) is 0 Å². The second kappa shape index (κ2) is 8.46. The van der Waals surface area contributed by atoms with Crippen molar-refractivity contribution >= 4 is 5.97 Å². The summed E-state index contributed by atoms with van der Waals surface area (Å²) in [5, 5.41) is 0. The third kappa shape index (κ3) is 4.41. The molecular weight excluding hydrogens is 292 g/mol. The number of methoxy groups -OCH3 is 1. The van der Waals surface area contributed by atoms with Gasteiger partial charge in [0.2, 0.25) is 0 Å². The van der Waals surface area contributed by atoms with Gasteiger partial charge in [0.1, 0.15) is 0 Å². The van der Waals surface area contributed by atoms with Crippen molar-refractivity contribution < 1.29 is 19.0 Å². The first-order valence-electron chi connectivity index (χ1n) is 7.68. The Morgan fingerprint density at radius 3 is 2.00 bits per heavy atom. The first-order valence-corrected chi connectivity index (χ1v) is 7.68.